The number of benzene rings is 2. The number of nitrogens with zero attached hydrogens (tertiary/aromatic N) is 2. The Bertz CT molecular complexity index is 1280. The molecule has 1 aromatic heterocycles. The van der Waals surface area contributed by atoms with Crippen LogP contribution in [0.2, 0.25) is 5.02 Å². The molecule has 3 aromatic rings. The molecule has 188 valence electrons. The highest BCUT2D eigenvalue weighted by molar-refractivity contribution is 6.30. The Hall–Kier alpha value is -3.45. The first-order chi connectivity index (χ1) is 17.0. The quantitative estimate of drug-likeness (QED) is 0.397. The lowest BCUT2D eigenvalue weighted by atomic mass is 9.84. The molecule has 2 heterocycles. The number of hydrogen-bond acceptors (Lipinski definition) is 5. The third kappa shape index (κ3) is 5.36. The third-order valence-electron chi connectivity index (χ3n) is 6.65. The largest absolute Gasteiger partial charge is 0.363 e. The molecule has 8 heteroatoms. The Balaban J connectivity index is 1.45. The zero-order valence-electron chi connectivity index (χ0n) is 21.0. The summed E-state index contributed by atoms with van der Waals surface area (Å²) in [6.07, 6.45) is 2.37. The number of nitrogens with one attached hydrogen (secondary N) is 2. The van der Waals surface area contributed by atoms with E-state index in [0.29, 0.717) is 22.0 Å². The lowest BCUT2D eigenvalue weighted by Gasteiger charge is -2.38. The van der Waals surface area contributed by atoms with Crippen molar-refractivity contribution in [2.45, 2.75) is 52.1 Å². The molecular weight excluding hydrogens is 476 g/mol. The Labute approximate surface area is 216 Å². The van der Waals surface area contributed by atoms with Crippen LogP contribution < -0.4 is 10.6 Å². The van der Waals surface area contributed by atoms with Gasteiger partial charge in [-0.2, -0.15) is 5.10 Å². The second-order valence-corrected chi connectivity index (χ2v) is 11.0. The van der Waals surface area contributed by atoms with E-state index in [-0.39, 0.29) is 42.0 Å². The van der Waals surface area contributed by atoms with Crippen molar-refractivity contribution in [1.29, 1.82) is 0 Å². The van der Waals surface area contributed by atoms with Crippen LogP contribution in [0, 0.1) is 5.41 Å². The van der Waals surface area contributed by atoms with Gasteiger partial charge in [0.05, 0.1) is 35.3 Å². The van der Waals surface area contributed by atoms with E-state index in [1.165, 1.54) is 0 Å². The van der Waals surface area contributed by atoms with Gasteiger partial charge >= 0.3 is 0 Å². The maximum atomic E-state index is 13.4. The standard InChI is InChI=1S/C28H31ClN4O3/c1-27(2,26(36)30-17-24(35)19-10-12-20(29)13-11-19)15-23(34)21-16-31-33-25(21)32-22(14-28(33,3)4)18-8-6-5-7-9-18/h5-13,16,22,32H,14-15,17H2,1-4H3,(H,30,36). The first kappa shape index (κ1) is 25.6. The predicted octanol–water partition coefficient (Wildman–Crippen LogP) is 5.43. The molecule has 0 radical (unpaired) electrons. The van der Waals surface area contributed by atoms with Crippen LogP contribution in [-0.2, 0) is 10.3 Å². The van der Waals surface area contributed by atoms with Gasteiger partial charge in [-0.15, -0.1) is 0 Å². The van der Waals surface area contributed by atoms with Crippen molar-refractivity contribution in [1.82, 2.24) is 15.1 Å². The number of anilines is 1. The molecule has 1 unspecified atom stereocenters. The summed E-state index contributed by atoms with van der Waals surface area (Å²) in [6.45, 7) is 7.45. The van der Waals surface area contributed by atoms with Crippen molar-refractivity contribution in [2.24, 2.45) is 5.41 Å². The molecule has 2 aromatic carbocycles. The number of aromatic nitrogens is 2. The summed E-state index contributed by atoms with van der Waals surface area (Å²) >= 11 is 5.87. The van der Waals surface area contributed by atoms with Gasteiger partial charge in [0.2, 0.25) is 5.91 Å². The molecule has 2 N–H and O–H groups in total. The van der Waals surface area contributed by atoms with E-state index in [0.717, 1.165) is 12.0 Å². The van der Waals surface area contributed by atoms with Gasteiger partial charge < -0.3 is 10.6 Å². The van der Waals surface area contributed by atoms with Crippen molar-refractivity contribution in [2.75, 3.05) is 11.9 Å². The maximum Gasteiger partial charge on any atom is 0.226 e. The maximum absolute atomic E-state index is 13.4. The molecular formula is C28H31ClN4O3. The van der Waals surface area contributed by atoms with Crippen LogP contribution >= 0.6 is 11.6 Å². The van der Waals surface area contributed by atoms with E-state index < -0.39 is 5.41 Å². The van der Waals surface area contributed by atoms with Gasteiger partial charge in [0.25, 0.3) is 0 Å². The molecule has 4 rings (SSSR count). The van der Waals surface area contributed by atoms with Crippen LogP contribution in [0.4, 0.5) is 5.82 Å². The summed E-state index contributed by atoms with van der Waals surface area (Å²) in [6, 6.07) is 16.6. The number of carbonyl (C=O) groups excluding carboxylic acids is 3. The summed E-state index contributed by atoms with van der Waals surface area (Å²) in [5, 5.41) is 11.2. The Morgan fingerprint density at radius 1 is 1.08 bits per heavy atom. The van der Waals surface area contributed by atoms with Crippen molar-refractivity contribution >= 4 is 34.9 Å². The van der Waals surface area contributed by atoms with Crippen LogP contribution in [0.5, 0.6) is 0 Å². The molecule has 0 saturated heterocycles. The third-order valence-corrected chi connectivity index (χ3v) is 6.90. The molecule has 1 atom stereocenters. The predicted molar refractivity (Wildman–Crippen MR) is 140 cm³/mol. The van der Waals surface area contributed by atoms with Gasteiger partial charge in [-0.1, -0.05) is 55.8 Å². The highest BCUT2D eigenvalue weighted by Crippen LogP contribution is 2.40. The number of Topliss-reactive ketones (excluding diaryl/α,β-unsaturated/α-hetero) is 2. The van der Waals surface area contributed by atoms with Gasteiger partial charge in [-0.3, -0.25) is 14.4 Å². The van der Waals surface area contributed by atoms with E-state index in [1.54, 1.807) is 44.3 Å². The normalized spacial score (nSPS) is 16.5. The van der Waals surface area contributed by atoms with E-state index in [1.807, 2.05) is 22.9 Å². The first-order valence-electron chi connectivity index (χ1n) is 12.0. The summed E-state index contributed by atoms with van der Waals surface area (Å²) in [5.74, 6) is -0.113. The molecule has 1 amide bonds. The van der Waals surface area contributed by atoms with E-state index in [4.69, 9.17) is 11.6 Å². The van der Waals surface area contributed by atoms with Crippen LogP contribution in [0.3, 0.4) is 0 Å². The molecule has 1 aliphatic heterocycles. The van der Waals surface area contributed by atoms with E-state index >= 15 is 0 Å². The molecule has 1 aliphatic rings. The fourth-order valence-electron chi connectivity index (χ4n) is 4.55. The minimum absolute atomic E-state index is 0.0230. The van der Waals surface area contributed by atoms with Crippen molar-refractivity contribution in [3.8, 4) is 0 Å². The summed E-state index contributed by atoms with van der Waals surface area (Å²) in [5.41, 5.74) is 0.745. The number of carbonyl (C=O) groups is 3. The molecule has 0 spiro atoms. The van der Waals surface area contributed by atoms with Crippen molar-refractivity contribution in [3.63, 3.8) is 0 Å². The number of amides is 1. The number of rotatable bonds is 8. The average Bonchev–Trinajstić information content (AvgIpc) is 3.28. The average molecular weight is 507 g/mol. The molecule has 36 heavy (non-hydrogen) atoms. The zero-order valence-corrected chi connectivity index (χ0v) is 21.7. The van der Waals surface area contributed by atoms with Gasteiger partial charge in [0.15, 0.2) is 11.6 Å². The number of hydrogen-bond donors (Lipinski definition) is 2. The van der Waals surface area contributed by atoms with E-state index in [9.17, 15) is 14.4 Å². The first-order valence-corrected chi connectivity index (χ1v) is 12.4. The van der Waals surface area contributed by atoms with Gasteiger partial charge in [-0.05, 0) is 50.1 Å². The van der Waals surface area contributed by atoms with Gasteiger partial charge in [0.1, 0.15) is 5.82 Å². The van der Waals surface area contributed by atoms with Crippen molar-refractivity contribution < 1.29 is 14.4 Å². The molecule has 0 bridgehead atoms. The number of ketones is 2. The summed E-state index contributed by atoms with van der Waals surface area (Å²) < 4.78 is 1.86. The van der Waals surface area contributed by atoms with Crippen LogP contribution in [0.25, 0.3) is 0 Å². The Morgan fingerprint density at radius 2 is 1.75 bits per heavy atom. The highest BCUT2D eigenvalue weighted by atomic mass is 35.5. The summed E-state index contributed by atoms with van der Waals surface area (Å²) in [4.78, 5) is 38.7. The van der Waals surface area contributed by atoms with Crippen molar-refractivity contribution in [3.05, 3.63) is 82.5 Å². The Kier molecular flexibility index (Phi) is 7.05. The molecule has 0 aliphatic carbocycles. The lowest BCUT2D eigenvalue weighted by molar-refractivity contribution is -0.129. The molecule has 7 nitrogen and oxygen atoms in total. The fourth-order valence-corrected chi connectivity index (χ4v) is 4.68. The second-order valence-electron chi connectivity index (χ2n) is 10.5. The van der Waals surface area contributed by atoms with Crippen LogP contribution in [0.15, 0.2) is 60.8 Å². The minimum Gasteiger partial charge on any atom is -0.363 e. The highest BCUT2D eigenvalue weighted by Gasteiger charge is 2.38. The number of fused-ring (bicyclic) bond motifs is 1. The molecule has 0 saturated carbocycles. The second kappa shape index (κ2) is 9.90. The van der Waals surface area contributed by atoms with Gasteiger partial charge in [0, 0.05) is 17.0 Å². The van der Waals surface area contributed by atoms with Crippen LogP contribution in [0.1, 0.15) is 72.9 Å². The SMILES string of the molecule is CC(C)(CC(=O)c1cnn2c1NC(c1ccccc1)CC2(C)C)C(=O)NCC(=O)c1ccc(Cl)cc1. The monoisotopic (exact) mass is 506 g/mol. The lowest BCUT2D eigenvalue weighted by Crippen LogP contribution is -2.41. The summed E-state index contributed by atoms with van der Waals surface area (Å²) in [7, 11) is 0. The minimum atomic E-state index is -1.02. The zero-order chi connectivity index (χ0) is 26.1. The topological polar surface area (TPSA) is 93.1 Å². The smallest absolute Gasteiger partial charge is 0.226 e. The Morgan fingerprint density at radius 3 is 2.42 bits per heavy atom. The van der Waals surface area contributed by atoms with E-state index in [2.05, 4.69) is 41.7 Å². The number of halogens is 1. The fraction of sp³-hybridized carbons (Fsp3) is 0.357. The van der Waals surface area contributed by atoms with Gasteiger partial charge in [-0.25, -0.2) is 4.68 Å². The molecule has 0 fully saturated rings. The van der Waals surface area contributed by atoms with Crippen LogP contribution in [-0.4, -0.2) is 33.8 Å².